The van der Waals surface area contributed by atoms with Crippen LogP contribution in [0.25, 0.3) is 0 Å². The first-order valence-electron chi connectivity index (χ1n) is 10.5. The average molecular weight is 442 g/mol. The minimum atomic E-state index is -3.52. The molecule has 0 aromatic carbocycles. The SMILES string of the molecule is CC1CCc2c(C(=O)N3CCN(S(=O)(=O)N4CC(C)OC(C)C4)CC3)csc2C1. The van der Waals surface area contributed by atoms with Crippen LogP contribution in [0.5, 0.6) is 0 Å². The summed E-state index contributed by atoms with van der Waals surface area (Å²) >= 11 is 1.70. The van der Waals surface area contributed by atoms with E-state index in [4.69, 9.17) is 4.74 Å². The van der Waals surface area contributed by atoms with Gasteiger partial charge in [-0.15, -0.1) is 11.3 Å². The Morgan fingerprint density at radius 3 is 2.38 bits per heavy atom. The zero-order valence-electron chi connectivity index (χ0n) is 17.5. The van der Waals surface area contributed by atoms with Crippen molar-refractivity contribution in [3.63, 3.8) is 0 Å². The van der Waals surface area contributed by atoms with Crippen molar-refractivity contribution in [1.82, 2.24) is 13.5 Å². The van der Waals surface area contributed by atoms with Gasteiger partial charge in [0.2, 0.25) is 0 Å². The van der Waals surface area contributed by atoms with E-state index in [2.05, 4.69) is 6.92 Å². The van der Waals surface area contributed by atoms with E-state index < -0.39 is 10.2 Å². The molecule has 1 aliphatic carbocycles. The second-order valence-corrected chi connectivity index (χ2v) is 11.6. The Balaban J connectivity index is 1.40. The van der Waals surface area contributed by atoms with Crippen LogP contribution in [0.3, 0.4) is 0 Å². The van der Waals surface area contributed by atoms with Crippen molar-refractivity contribution in [2.75, 3.05) is 39.3 Å². The Labute approximate surface area is 177 Å². The van der Waals surface area contributed by atoms with E-state index in [1.807, 2.05) is 24.1 Å². The number of thiophene rings is 1. The van der Waals surface area contributed by atoms with Gasteiger partial charge in [-0.05, 0) is 44.6 Å². The Kier molecular flexibility index (Phi) is 6.05. The van der Waals surface area contributed by atoms with E-state index in [1.54, 1.807) is 11.3 Å². The van der Waals surface area contributed by atoms with Gasteiger partial charge in [-0.25, -0.2) is 0 Å². The first-order valence-corrected chi connectivity index (χ1v) is 12.8. The lowest BCUT2D eigenvalue weighted by molar-refractivity contribution is -0.0457. The molecule has 3 aliphatic rings. The van der Waals surface area contributed by atoms with Crippen molar-refractivity contribution in [1.29, 1.82) is 0 Å². The lowest BCUT2D eigenvalue weighted by atomic mass is 9.88. The fraction of sp³-hybridized carbons (Fsp3) is 0.750. The molecular weight excluding hydrogens is 410 g/mol. The molecule has 3 atom stereocenters. The molecule has 3 heterocycles. The van der Waals surface area contributed by atoms with Crippen LogP contribution in [0, 0.1) is 5.92 Å². The van der Waals surface area contributed by atoms with Gasteiger partial charge >= 0.3 is 0 Å². The summed E-state index contributed by atoms with van der Waals surface area (Å²) in [5.41, 5.74) is 2.06. The topological polar surface area (TPSA) is 70.2 Å². The maximum atomic E-state index is 13.1. The van der Waals surface area contributed by atoms with Crippen LogP contribution in [0.2, 0.25) is 0 Å². The van der Waals surface area contributed by atoms with E-state index in [-0.39, 0.29) is 18.1 Å². The van der Waals surface area contributed by atoms with Crippen LogP contribution in [0.15, 0.2) is 5.38 Å². The number of ether oxygens (including phenoxy) is 1. The second-order valence-electron chi connectivity index (χ2n) is 8.67. The van der Waals surface area contributed by atoms with E-state index in [9.17, 15) is 13.2 Å². The number of morpholine rings is 1. The molecule has 1 aromatic rings. The number of carbonyl (C=O) groups is 1. The minimum absolute atomic E-state index is 0.0581. The van der Waals surface area contributed by atoms with Crippen molar-refractivity contribution < 1.29 is 17.9 Å². The number of hydrogen-bond acceptors (Lipinski definition) is 5. The fourth-order valence-electron chi connectivity index (χ4n) is 4.63. The predicted molar refractivity (Wildman–Crippen MR) is 113 cm³/mol. The highest BCUT2D eigenvalue weighted by Gasteiger charge is 2.37. The number of piperazine rings is 1. The van der Waals surface area contributed by atoms with Crippen LogP contribution >= 0.6 is 11.3 Å². The van der Waals surface area contributed by atoms with Crippen LogP contribution in [-0.4, -0.2) is 79.3 Å². The molecule has 0 radical (unpaired) electrons. The van der Waals surface area contributed by atoms with Crippen LogP contribution in [0.4, 0.5) is 0 Å². The highest BCUT2D eigenvalue weighted by Crippen LogP contribution is 2.33. The normalized spacial score (nSPS) is 29.6. The summed E-state index contributed by atoms with van der Waals surface area (Å²) in [7, 11) is -3.52. The van der Waals surface area contributed by atoms with Gasteiger partial charge in [-0.2, -0.15) is 17.0 Å². The number of hydrogen-bond donors (Lipinski definition) is 0. The molecule has 162 valence electrons. The Morgan fingerprint density at radius 2 is 1.72 bits per heavy atom. The second kappa shape index (κ2) is 8.26. The van der Waals surface area contributed by atoms with Crippen LogP contribution in [0.1, 0.15) is 48.0 Å². The zero-order chi connectivity index (χ0) is 20.8. The van der Waals surface area contributed by atoms with Crippen LogP contribution < -0.4 is 0 Å². The smallest absolute Gasteiger partial charge is 0.282 e. The number of amides is 1. The number of nitrogens with zero attached hydrogens (tertiary/aromatic N) is 3. The Morgan fingerprint density at radius 1 is 1.07 bits per heavy atom. The highest BCUT2D eigenvalue weighted by molar-refractivity contribution is 7.86. The highest BCUT2D eigenvalue weighted by atomic mass is 32.2. The summed E-state index contributed by atoms with van der Waals surface area (Å²) in [6, 6.07) is 0. The minimum Gasteiger partial charge on any atom is -0.373 e. The standard InChI is InChI=1S/C20H31N3O4S2/c1-14-4-5-17-18(13-28-19(17)10-14)20(24)21-6-8-22(9-7-21)29(25,26)23-11-15(2)27-16(3)12-23/h13-16H,4-12H2,1-3H3. The third-order valence-electron chi connectivity index (χ3n) is 6.20. The molecule has 1 amide bonds. The molecule has 0 spiro atoms. The van der Waals surface area contributed by atoms with Gasteiger partial charge in [0.05, 0.1) is 17.8 Å². The van der Waals surface area contributed by atoms with Crippen LogP contribution in [-0.2, 0) is 27.8 Å². The number of rotatable bonds is 3. The Hall–Kier alpha value is -1.00. The summed E-state index contributed by atoms with van der Waals surface area (Å²) < 4.78 is 34.8. The molecule has 3 unspecified atom stereocenters. The van der Waals surface area contributed by atoms with E-state index >= 15 is 0 Å². The van der Waals surface area contributed by atoms with Crippen molar-refractivity contribution >= 4 is 27.5 Å². The third-order valence-corrected chi connectivity index (χ3v) is 9.22. The molecule has 0 N–H and O–H groups in total. The lowest BCUT2D eigenvalue weighted by Crippen LogP contribution is -2.57. The fourth-order valence-corrected chi connectivity index (χ4v) is 7.62. The third kappa shape index (κ3) is 4.25. The molecule has 0 saturated carbocycles. The maximum absolute atomic E-state index is 13.1. The molecule has 9 heteroatoms. The van der Waals surface area contributed by atoms with Gasteiger partial charge in [0.1, 0.15) is 0 Å². The first-order chi connectivity index (χ1) is 13.8. The van der Waals surface area contributed by atoms with Gasteiger partial charge in [-0.1, -0.05) is 6.92 Å². The molecule has 7 nitrogen and oxygen atoms in total. The largest absolute Gasteiger partial charge is 0.373 e. The molecule has 1 aromatic heterocycles. The van der Waals surface area contributed by atoms with Gasteiger partial charge in [0.25, 0.3) is 16.1 Å². The van der Waals surface area contributed by atoms with Gasteiger partial charge in [0, 0.05) is 49.5 Å². The van der Waals surface area contributed by atoms with Crippen molar-refractivity contribution in [2.24, 2.45) is 5.92 Å². The van der Waals surface area contributed by atoms with Crippen molar-refractivity contribution in [3.05, 3.63) is 21.4 Å². The van der Waals surface area contributed by atoms with E-state index in [0.717, 1.165) is 24.8 Å². The summed E-state index contributed by atoms with van der Waals surface area (Å²) in [5, 5.41) is 2.00. The van der Waals surface area contributed by atoms with Crippen molar-refractivity contribution in [2.45, 2.75) is 52.2 Å². The van der Waals surface area contributed by atoms with E-state index in [0.29, 0.717) is 45.2 Å². The molecule has 2 aliphatic heterocycles. The van der Waals surface area contributed by atoms with Gasteiger partial charge in [-0.3, -0.25) is 4.79 Å². The molecule has 4 rings (SSSR count). The monoisotopic (exact) mass is 441 g/mol. The lowest BCUT2D eigenvalue weighted by Gasteiger charge is -2.40. The zero-order valence-corrected chi connectivity index (χ0v) is 19.1. The number of fused-ring (bicyclic) bond motifs is 1. The summed E-state index contributed by atoms with van der Waals surface area (Å²) in [4.78, 5) is 16.3. The van der Waals surface area contributed by atoms with E-state index in [1.165, 1.54) is 19.1 Å². The van der Waals surface area contributed by atoms with Gasteiger partial charge < -0.3 is 9.64 Å². The summed E-state index contributed by atoms with van der Waals surface area (Å²) in [5.74, 6) is 0.742. The first kappa shape index (κ1) is 21.2. The number of carbonyl (C=O) groups excluding carboxylic acids is 1. The quantitative estimate of drug-likeness (QED) is 0.719. The Bertz CT molecular complexity index is 851. The molecule has 2 fully saturated rings. The maximum Gasteiger partial charge on any atom is 0.282 e. The average Bonchev–Trinajstić information content (AvgIpc) is 3.09. The molecule has 2 saturated heterocycles. The summed E-state index contributed by atoms with van der Waals surface area (Å²) in [6.07, 6.45) is 2.96. The molecular formula is C20H31N3O4S2. The molecule has 0 bridgehead atoms. The summed E-state index contributed by atoms with van der Waals surface area (Å²) in [6.45, 7) is 8.39. The predicted octanol–water partition coefficient (Wildman–Crippen LogP) is 1.98. The van der Waals surface area contributed by atoms with Gasteiger partial charge in [0.15, 0.2) is 0 Å². The molecule has 29 heavy (non-hydrogen) atoms. The van der Waals surface area contributed by atoms with Crippen molar-refractivity contribution in [3.8, 4) is 0 Å².